The van der Waals surface area contributed by atoms with Crippen molar-refractivity contribution in [2.45, 2.75) is 23.6 Å². The molecule has 2 heterocycles. The van der Waals surface area contributed by atoms with E-state index in [0.29, 0.717) is 13.0 Å². The average molecular weight is 227 g/mol. The van der Waals surface area contributed by atoms with Crippen LogP contribution in [0.4, 0.5) is 0 Å². The van der Waals surface area contributed by atoms with E-state index in [4.69, 9.17) is 0 Å². The number of rotatable bonds is 2. The van der Waals surface area contributed by atoms with Crippen LogP contribution < -0.4 is 5.32 Å². The summed E-state index contributed by atoms with van der Waals surface area (Å²) in [6.45, 7) is 3.04. The molecule has 1 atom stereocenters. The summed E-state index contributed by atoms with van der Waals surface area (Å²) in [5.41, 5.74) is 0.721. The maximum atomic E-state index is 12.0. The van der Waals surface area contributed by atoms with Gasteiger partial charge in [-0.15, -0.1) is 5.10 Å². The number of nitrogens with one attached hydrogen (secondary N) is 1. The van der Waals surface area contributed by atoms with Gasteiger partial charge in [-0.1, -0.05) is 0 Å². The molecule has 5 nitrogen and oxygen atoms in total. The van der Waals surface area contributed by atoms with Crippen LogP contribution in [0.25, 0.3) is 0 Å². The molecule has 0 radical (unpaired) electrons. The van der Waals surface area contributed by atoms with Crippen LogP contribution in [0.1, 0.15) is 12.1 Å². The summed E-state index contributed by atoms with van der Waals surface area (Å²) in [6.07, 6.45) is 0.651. The molecule has 1 N–H and O–H groups in total. The minimum absolute atomic E-state index is 0.0850. The van der Waals surface area contributed by atoms with Crippen LogP contribution in [0.3, 0.4) is 0 Å². The summed E-state index contributed by atoms with van der Waals surface area (Å²) in [6, 6.07) is 3.19. The molecule has 6 heteroatoms. The molecule has 1 aromatic rings. The van der Waals surface area contributed by atoms with Crippen molar-refractivity contribution in [1.29, 1.82) is 0 Å². The normalized spacial score (nSPS) is 21.8. The zero-order chi connectivity index (χ0) is 10.9. The maximum Gasteiger partial charge on any atom is 0.201 e. The monoisotopic (exact) mass is 227 g/mol. The summed E-state index contributed by atoms with van der Waals surface area (Å²) in [5, 5.41) is 10.3. The SMILES string of the molecule is Cc1ccc(S(=O)(=O)C2CCNC2)nn1. The smallest absolute Gasteiger partial charge is 0.201 e. The van der Waals surface area contributed by atoms with Gasteiger partial charge in [-0.3, -0.25) is 0 Å². The van der Waals surface area contributed by atoms with Gasteiger partial charge in [-0.2, -0.15) is 5.10 Å². The Morgan fingerprint density at radius 3 is 2.73 bits per heavy atom. The molecule has 0 aromatic carbocycles. The zero-order valence-electron chi connectivity index (χ0n) is 8.47. The largest absolute Gasteiger partial charge is 0.315 e. The van der Waals surface area contributed by atoms with Crippen molar-refractivity contribution in [2.75, 3.05) is 13.1 Å². The molecule has 2 rings (SSSR count). The summed E-state index contributed by atoms with van der Waals surface area (Å²) in [5.74, 6) is 0. The molecule has 1 aromatic heterocycles. The zero-order valence-corrected chi connectivity index (χ0v) is 9.29. The molecule has 0 aliphatic carbocycles. The van der Waals surface area contributed by atoms with Gasteiger partial charge in [0.1, 0.15) is 0 Å². The molecule has 0 bridgehead atoms. The highest BCUT2D eigenvalue weighted by Gasteiger charge is 2.31. The van der Waals surface area contributed by atoms with Gasteiger partial charge in [0, 0.05) is 6.54 Å². The summed E-state index contributed by atoms with van der Waals surface area (Å²) < 4.78 is 24.0. The second kappa shape index (κ2) is 3.86. The van der Waals surface area contributed by atoms with Gasteiger partial charge in [-0.05, 0) is 32.0 Å². The summed E-state index contributed by atoms with van der Waals surface area (Å²) >= 11 is 0. The molecule has 82 valence electrons. The maximum absolute atomic E-state index is 12.0. The van der Waals surface area contributed by atoms with Crippen molar-refractivity contribution in [1.82, 2.24) is 15.5 Å². The van der Waals surface area contributed by atoms with Gasteiger partial charge in [-0.25, -0.2) is 8.42 Å². The third-order valence-electron chi connectivity index (χ3n) is 2.52. The summed E-state index contributed by atoms with van der Waals surface area (Å²) in [7, 11) is -3.29. The lowest BCUT2D eigenvalue weighted by Crippen LogP contribution is -2.25. The fraction of sp³-hybridized carbons (Fsp3) is 0.556. The standard InChI is InChI=1S/C9H13N3O2S/c1-7-2-3-9(12-11-7)15(13,14)8-4-5-10-6-8/h2-3,8,10H,4-6H2,1H3. The van der Waals surface area contributed by atoms with Crippen LogP contribution >= 0.6 is 0 Å². The molecule has 0 amide bonds. The third-order valence-corrected chi connectivity index (χ3v) is 4.60. The Balaban J connectivity index is 2.32. The van der Waals surface area contributed by atoms with E-state index in [2.05, 4.69) is 15.5 Å². The fourth-order valence-corrected chi connectivity index (χ4v) is 3.12. The highest BCUT2D eigenvalue weighted by molar-refractivity contribution is 7.92. The lowest BCUT2D eigenvalue weighted by molar-refractivity contribution is 0.576. The molecular weight excluding hydrogens is 214 g/mol. The minimum atomic E-state index is -3.29. The highest BCUT2D eigenvalue weighted by Crippen LogP contribution is 2.17. The lowest BCUT2D eigenvalue weighted by atomic mass is 10.4. The minimum Gasteiger partial charge on any atom is -0.315 e. The van der Waals surface area contributed by atoms with Crippen molar-refractivity contribution in [3.8, 4) is 0 Å². The Morgan fingerprint density at radius 1 is 1.40 bits per heavy atom. The second-order valence-electron chi connectivity index (χ2n) is 3.67. The molecule has 1 unspecified atom stereocenters. The van der Waals surface area contributed by atoms with E-state index in [0.717, 1.165) is 12.2 Å². The molecular formula is C9H13N3O2S. The molecule has 1 fully saturated rings. The molecule has 1 saturated heterocycles. The topological polar surface area (TPSA) is 72.0 Å². The van der Waals surface area contributed by atoms with Crippen molar-refractivity contribution in [3.05, 3.63) is 17.8 Å². The first-order valence-corrected chi connectivity index (χ1v) is 6.40. The Bertz CT molecular complexity index is 435. The van der Waals surface area contributed by atoms with E-state index in [1.807, 2.05) is 0 Å². The van der Waals surface area contributed by atoms with Crippen molar-refractivity contribution < 1.29 is 8.42 Å². The number of hydrogen-bond acceptors (Lipinski definition) is 5. The van der Waals surface area contributed by atoms with E-state index in [1.165, 1.54) is 6.07 Å². The molecule has 15 heavy (non-hydrogen) atoms. The first-order chi connectivity index (χ1) is 7.10. The fourth-order valence-electron chi connectivity index (χ4n) is 1.60. The van der Waals surface area contributed by atoms with E-state index in [9.17, 15) is 8.42 Å². The second-order valence-corrected chi connectivity index (χ2v) is 5.85. The van der Waals surface area contributed by atoms with E-state index < -0.39 is 9.84 Å². The van der Waals surface area contributed by atoms with Gasteiger partial charge < -0.3 is 5.32 Å². The van der Waals surface area contributed by atoms with Gasteiger partial charge in [0.25, 0.3) is 0 Å². The molecule has 0 spiro atoms. The Labute approximate surface area is 88.8 Å². The van der Waals surface area contributed by atoms with Crippen LogP contribution in [0.15, 0.2) is 17.2 Å². The molecule has 0 saturated carbocycles. The Morgan fingerprint density at radius 2 is 2.20 bits per heavy atom. The number of aromatic nitrogens is 2. The van der Waals surface area contributed by atoms with Gasteiger partial charge in [0.2, 0.25) is 9.84 Å². The average Bonchev–Trinajstić information content (AvgIpc) is 2.71. The van der Waals surface area contributed by atoms with Crippen LogP contribution in [0.2, 0.25) is 0 Å². The number of hydrogen-bond donors (Lipinski definition) is 1. The van der Waals surface area contributed by atoms with Gasteiger partial charge >= 0.3 is 0 Å². The third kappa shape index (κ3) is 2.00. The van der Waals surface area contributed by atoms with Crippen LogP contribution in [-0.2, 0) is 9.84 Å². The molecule has 1 aliphatic rings. The van der Waals surface area contributed by atoms with Crippen molar-refractivity contribution in [3.63, 3.8) is 0 Å². The predicted molar refractivity (Wildman–Crippen MR) is 55.2 cm³/mol. The van der Waals surface area contributed by atoms with E-state index >= 15 is 0 Å². The van der Waals surface area contributed by atoms with Crippen molar-refractivity contribution in [2.24, 2.45) is 0 Å². The van der Waals surface area contributed by atoms with Crippen LogP contribution in [0.5, 0.6) is 0 Å². The quantitative estimate of drug-likeness (QED) is 0.765. The number of nitrogens with zero attached hydrogens (tertiary/aromatic N) is 2. The first kappa shape index (κ1) is 10.5. The lowest BCUT2D eigenvalue weighted by Gasteiger charge is -2.08. The predicted octanol–water partition coefficient (Wildman–Crippen LogP) is -0.0794. The van der Waals surface area contributed by atoms with E-state index in [-0.39, 0.29) is 10.3 Å². The van der Waals surface area contributed by atoms with Gasteiger partial charge in [0.15, 0.2) is 5.03 Å². The van der Waals surface area contributed by atoms with Crippen LogP contribution in [0, 0.1) is 6.92 Å². The van der Waals surface area contributed by atoms with Gasteiger partial charge in [0.05, 0.1) is 10.9 Å². The first-order valence-electron chi connectivity index (χ1n) is 4.85. The Kier molecular flexibility index (Phi) is 2.70. The van der Waals surface area contributed by atoms with Crippen molar-refractivity contribution >= 4 is 9.84 Å². The summed E-state index contributed by atoms with van der Waals surface area (Å²) in [4.78, 5) is 0. The Hall–Kier alpha value is -1.01. The van der Waals surface area contributed by atoms with E-state index in [1.54, 1.807) is 13.0 Å². The number of sulfone groups is 1. The van der Waals surface area contributed by atoms with Crippen LogP contribution in [-0.4, -0.2) is 37.0 Å². The number of aryl methyl sites for hydroxylation is 1. The highest BCUT2D eigenvalue weighted by atomic mass is 32.2. The molecule has 1 aliphatic heterocycles.